The topological polar surface area (TPSA) is 83.1 Å². The highest BCUT2D eigenvalue weighted by molar-refractivity contribution is 7.89. The van der Waals surface area contributed by atoms with Crippen LogP contribution < -0.4 is 9.64 Å². The van der Waals surface area contributed by atoms with Crippen molar-refractivity contribution in [3.8, 4) is 5.75 Å². The van der Waals surface area contributed by atoms with Gasteiger partial charge in [-0.3, -0.25) is 9.69 Å². The summed E-state index contributed by atoms with van der Waals surface area (Å²) in [5, 5.41) is 0.598. The molecule has 0 atom stereocenters. The standard InChI is InChI=1S/C23H30N4O4S2.ClH/c1-6-26(7-2)14-15-27(23-24-20-13-10-18(31-5)16-21(20)32-23)22(28)17-8-11-19(12-9-17)33(29,30)25(3)4;/h8-13,16H,6-7,14-15H2,1-5H3;1H. The van der Waals surface area contributed by atoms with Crippen molar-refractivity contribution in [2.45, 2.75) is 18.7 Å². The molecule has 186 valence electrons. The van der Waals surface area contributed by atoms with Crippen molar-refractivity contribution in [2.75, 3.05) is 52.3 Å². The maximum atomic E-state index is 13.5. The third kappa shape index (κ3) is 6.05. The first-order chi connectivity index (χ1) is 15.7. The number of nitrogens with zero attached hydrogens (tertiary/aromatic N) is 4. The predicted octanol–water partition coefficient (Wildman–Crippen LogP) is 3.97. The van der Waals surface area contributed by atoms with Crippen LogP contribution in [0, 0.1) is 0 Å². The molecule has 0 aliphatic heterocycles. The van der Waals surface area contributed by atoms with Crippen molar-refractivity contribution in [1.29, 1.82) is 0 Å². The molecule has 0 unspecified atom stereocenters. The normalized spacial score (nSPS) is 11.6. The number of likely N-dealkylation sites (N-methyl/N-ethyl adjacent to an activating group) is 1. The highest BCUT2D eigenvalue weighted by Gasteiger charge is 2.23. The quantitative estimate of drug-likeness (QED) is 0.397. The van der Waals surface area contributed by atoms with E-state index >= 15 is 0 Å². The number of hydrogen-bond acceptors (Lipinski definition) is 7. The van der Waals surface area contributed by atoms with Gasteiger partial charge in [0.25, 0.3) is 5.91 Å². The Hall–Kier alpha value is -2.24. The minimum Gasteiger partial charge on any atom is -0.497 e. The van der Waals surface area contributed by atoms with Crippen LogP contribution in [0.25, 0.3) is 10.2 Å². The summed E-state index contributed by atoms with van der Waals surface area (Å²) in [4.78, 5) is 22.3. The molecule has 0 radical (unpaired) electrons. The Bertz CT molecular complexity index is 1210. The van der Waals surface area contributed by atoms with Gasteiger partial charge in [-0.15, -0.1) is 12.4 Å². The molecule has 0 bridgehead atoms. The zero-order chi connectivity index (χ0) is 24.2. The van der Waals surface area contributed by atoms with E-state index in [-0.39, 0.29) is 23.2 Å². The number of benzene rings is 2. The number of halogens is 1. The first kappa shape index (κ1) is 28.0. The maximum absolute atomic E-state index is 13.5. The molecule has 1 heterocycles. The lowest BCUT2D eigenvalue weighted by Crippen LogP contribution is -2.38. The third-order valence-electron chi connectivity index (χ3n) is 5.47. The number of rotatable bonds is 10. The van der Waals surface area contributed by atoms with Crippen LogP contribution in [-0.4, -0.2) is 75.9 Å². The fourth-order valence-electron chi connectivity index (χ4n) is 3.34. The van der Waals surface area contributed by atoms with E-state index in [0.29, 0.717) is 23.8 Å². The molecule has 0 N–H and O–H groups in total. The van der Waals surface area contributed by atoms with Gasteiger partial charge < -0.3 is 9.64 Å². The van der Waals surface area contributed by atoms with Crippen molar-refractivity contribution in [3.05, 3.63) is 48.0 Å². The van der Waals surface area contributed by atoms with Gasteiger partial charge in [0, 0.05) is 32.7 Å². The second-order valence-corrected chi connectivity index (χ2v) is 10.8. The van der Waals surface area contributed by atoms with E-state index in [1.54, 1.807) is 24.1 Å². The van der Waals surface area contributed by atoms with Gasteiger partial charge in [-0.2, -0.15) is 0 Å². The number of thiazole rings is 1. The Balaban J connectivity index is 0.00000408. The van der Waals surface area contributed by atoms with Crippen LogP contribution in [0.3, 0.4) is 0 Å². The van der Waals surface area contributed by atoms with Crippen LogP contribution in [0.2, 0.25) is 0 Å². The predicted molar refractivity (Wildman–Crippen MR) is 140 cm³/mol. The molecular formula is C23H31ClN4O4S2. The Morgan fingerprint density at radius 3 is 2.24 bits per heavy atom. The highest BCUT2D eigenvalue weighted by atomic mass is 35.5. The zero-order valence-electron chi connectivity index (χ0n) is 20.0. The van der Waals surface area contributed by atoms with E-state index < -0.39 is 10.0 Å². The molecule has 0 saturated carbocycles. The van der Waals surface area contributed by atoms with E-state index in [9.17, 15) is 13.2 Å². The number of amides is 1. The lowest BCUT2D eigenvalue weighted by Gasteiger charge is -2.24. The second kappa shape index (κ2) is 11.9. The van der Waals surface area contributed by atoms with Crippen molar-refractivity contribution >= 4 is 55.0 Å². The van der Waals surface area contributed by atoms with Gasteiger partial charge in [-0.1, -0.05) is 25.2 Å². The van der Waals surface area contributed by atoms with Gasteiger partial charge >= 0.3 is 0 Å². The number of fused-ring (bicyclic) bond motifs is 1. The van der Waals surface area contributed by atoms with Crippen molar-refractivity contribution in [3.63, 3.8) is 0 Å². The number of anilines is 1. The highest BCUT2D eigenvalue weighted by Crippen LogP contribution is 2.32. The van der Waals surface area contributed by atoms with E-state index in [4.69, 9.17) is 9.72 Å². The Kier molecular flexibility index (Phi) is 9.84. The van der Waals surface area contributed by atoms with Crippen LogP contribution in [0.1, 0.15) is 24.2 Å². The van der Waals surface area contributed by atoms with Gasteiger partial charge in [0.15, 0.2) is 5.13 Å². The fraction of sp³-hybridized carbons (Fsp3) is 0.391. The largest absolute Gasteiger partial charge is 0.497 e. The smallest absolute Gasteiger partial charge is 0.260 e. The van der Waals surface area contributed by atoms with E-state index in [1.807, 2.05) is 18.2 Å². The molecule has 2 aromatic carbocycles. The average molecular weight is 527 g/mol. The Morgan fingerprint density at radius 2 is 1.68 bits per heavy atom. The third-order valence-corrected chi connectivity index (χ3v) is 8.34. The lowest BCUT2D eigenvalue weighted by atomic mass is 10.2. The molecule has 8 nitrogen and oxygen atoms in total. The van der Waals surface area contributed by atoms with Crippen LogP contribution >= 0.6 is 23.7 Å². The minimum absolute atomic E-state index is 0. The number of sulfonamides is 1. The molecule has 0 aliphatic carbocycles. The van der Waals surface area contributed by atoms with Crippen LogP contribution in [-0.2, 0) is 10.0 Å². The van der Waals surface area contributed by atoms with Crippen molar-refractivity contribution in [2.24, 2.45) is 0 Å². The molecule has 0 saturated heterocycles. The SMILES string of the molecule is CCN(CC)CCN(C(=O)c1ccc(S(=O)(=O)N(C)C)cc1)c1nc2ccc(OC)cc2s1.Cl. The molecule has 3 aromatic rings. The van der Waals surface area contributed by atoms with E-state index in [1.165, 1.54) is 37.6 Å². The summed E-state index contributed by atoms with van der Waals surface area (Å²) in [6, 6.07) is 11.7. The Labute approximate surface area is 211 Å². The first-order valence-corrected chi connectivity index (χ1v) is 13.0. The minimum atomic E-state index is -3.56. The molecule has 0 spiro atoms. The van der Waals surface area contributed by atoms with Crippen LogP contribution in [0.5, 0.6) is 5.75 Å². The lowest BCUT2D eigenvalue weighted by molar-refractivity contribution is 0.0983. The molecule has 1 amide bonds. The summed E-state index contributed by atoms with van der Waals surface area (Å²) >= 11 is 1.43. The number of carbonyl (C=O) groups excluding carboxylic acids is 1. The summed E-state index contributed by atoms with van der Waals surface area (Å²) in [6.45, 7) is 7.10. The van der Waals surface area contributed by atoms with Crippen molar-refractivity contribution in [1.82, 2.24) is 14.2 Å². The number of aromatic nitrogens is 1. The van der Waals surface area contributed by atoms with Gasteiger partial charge in [0.1, 0.15) is 5.75 Å². The molecule has 0 aliphatic rings. The molecule has 34 heavy (non-hydrogen) atoms. The van der Waals surface area contributed by atoms with E-state index in [0.717, 1.165) is 33.4 Å². The van der Waals surface area contributed by atoms with Crippen LogP contribution in [0.15, 0.2) is 47.4 Å². The van der Waals surface area contributed by atoms with Crippen molar-refractivity contribution < 1.29 is 17.9 Å². The number of hydrogen-bond donors (Lipinski definition) is 0. The summed E-state index contributed by atoms with van der Waals surface area (Å²) in [6.07, 6.45) is 0. The van der Waals surface area contributed by atoms with Gasteiger partial charge in [-0.05, 0) is 55.6 Å². The summed E-state index contributed by atoms with van der Waals surface area (Å²) in [7, 11) is 1.01. The second-order valence-electron chi connectivity index (χ2n) is 7.63. The van der Waals surface area contributed by atoms with Gasteiger partial charge in [0.2, 0.25) is 10.0 Å². The Morgan fingerprint density at radius 1 is 1.03 bits per heavy atom. The monoisotopic (exact) mass is 526 g/mol. The van der Waals surface area contributed by atoms with E-state index in [2.05, 4.69) is 18.7 Å². The summed E-state index contributed by atoms with van der Waals surface area (Å²) < 4.78 is 32.1. The number of ether oxygens (including phenoxy) is 1. The molecular weight excluding hydrogens is 496 g/mol. The number of methoxy groups -OCH3 is 1. The molecule has 1 aromatic heterocycles. The van der Waals surface area contributed by atoms with Crippen LogP contribution in [0.4, 0.5) is 5.13 Å². The summed E-state index contributed by atoms with van der Waals surface area (Å²) in [5.74, 6) is 0.512. The molecule has 11 heteroatoms. The maximum Gasteiger partial charge on any atom is 0.260 e. The van der Waals surface area contributed by atoms with Gasteiger partial charge in [0.05, 0.1) is 22.2 Å². The summed E-state index contributed by atoms with van der Waals surface area (Å²) in [5.41, 5.74) is 1.20. The average Bonchev–Trinajstić information content (AvgIpc) is 3.24. The first-order valence-electron chi connectivity index (χ1n) is 10.7. The fourth-order valence-corrected chi connectivity index (χ4v) is 5.26. The van der Waals surface area contributed by atoms with Gasteiger partial charge in [-0.25, -0.2) is 17.7 Å². The molecule has 0 fully saturated rings. The molecule has 3 rings (SSSR count). The number of carbonyl (C=O) groups is 1. The zero-order valence-corrected chi connectivity index (χ0v) is 22.5.